The van der Waals surface area contributed by atoms with E-state index in [2.05, 4.69) is 21.7 Å². The summed E-state index contributed by atoms with van der Waals surface area (Å²) in [5.41, 5.74) is 5.24. The van der Waals surface area contributed by atoms with Crippen molar-refractivity contribution in [3.8, 4) is 0 Å². The number of aromatic nitrogens is 1. The van der Waals surface area contributed by atoms with Gasteiger partial charge in [0.25, 0.3) is 0 Å². The number of pyridine rings is 1. The molecule has 4 heterocycles. The second kappa shape index (κ2) is 8.45. The van der Waals surface area contributed by atoms with Gasteiger partial charge in [0.15, 0.2) is 0 Å². The van der Waals surface area contributed by atoms with E-state index in [0.29, 0.717) is 39.0 Å². The van der Waals surface area contributed by atoms with Crippen molar-refractivity contribution in [1.29, 1.82) is 0 Å². The Bertz CT molecular complexity index is 1070. The SMILES string of the molecule is O=C1CC[C@H](C(=O)N2CC=C(c3ccc(NC(=O)N4Cc5ccncc5C4)cc3)CC2)N1. The number of amides is 4. The lowest BCUT2D eigenvalue weighted by Crippen LogP contribution is -2.45. The Morgan fingerprint density at radius 2 is 1.84 bits per heavy atom. The molecular weight excluding hydrogens is 406 g/mol. The van der Waals surface area contributed by atoms with Gasteiger partial charge in [0.2, 0.25) is 11.8 Å². The number of fused-ring (bicyclic) bond motifs is 1. The highest BCUT2D eigenvalue weighted by Crippen LogP contribution is 2.26. The molecule has 8 nitrogen and oxygen atoms in total. The number of hydrogen-bond donors (Lipinski definition) is 2. The number of anilines is 1. The highest BCUT2D eigenvalue weighted by atomic mass is 16.2. The number of nitrogens with one attached hydrogen (secondary N) is 2. The number of hydrogen-bond acceptors (Lipinski definition) is 4. The maximum Gasteiger partial charge on any atom is 0.322 e. The largest absolute Gasteiger partial charge is 0.344 e. The molecule has 0 radical (unpaired) electrons. The first-order valence-corrected chi connectivity index (χ1v) is 10.9. The molecule has 1 fully saturated rings. The van der Waals surface area contributed by atoms with Gasteiger partial charge in [-0.3, -0.25) is 14.6 Å². The van der Waals surface area contributed by atoms with E-state index in [-0.39, 0.29) is 23.9 Å². The summed E-state index contributed by atoms with van der Waals surface area (Å²) < 4.78 is 0. The molecule has 32 heavy (non-hydrogen) atoms. The average molecular weight is 431 g/mol. The Balaban J connectivity index is 1.16. The molecule has 2 N–H and O–H groups in total. The fourth-order valence-corrected chi connectivity index (χ4v) is 4.48. The Labute approximate surface area is 186 Å². The molecule has 0 aliphatic carbocycles. The Morgan fingerprint density at radius 1 is 1.03 bits per heavy atom. The molecule has 3 aliphatic rings. The van der Waals surface area contributed by atoms with Crippen LogP contribution in [0.2, 0.25) is 0 Å². The summed E-state index contributed by atoms with van der Waals surface area (Å²) in [5, 5.41) is 5.71. The van der Waals surface area contributed by atoms with E-state index in [9.17, 15) is 14.4 Å². The molecule has 4 amide bonds. The minimum Gasteiger partial charge on any atom is -0.344 e. The lowest BCUT2D eigenvalue weighted by atomic mass is 9.98. The Kier molecular flexibility index (Phi) is 5.34. The summed E-state index contributed by atoms with van der Waals surface area (Å²) in [6.45, 7) is 2.34. The maximum atomic E-state index is 12.6. The topological polar surface area (TPSA) is 94.6 Å². The summed E-state index contributed by atoms with van der Waals surface area (Å²) in [6.07, 6.45) is 7.41. The number of nitrogens with zero attached hydrogens (tertiary/aromatic N) is 3. The van der Waals surface area contributed by atoms with E-state index in [4.69, 9.17) is 0 Å². The lowest BCUT2D eigenvalue weighted by molar-refractivity contribution is -0.134. The van der Waals surface area contributed by atoms with Gasteiger partial charge in [-0.05, 0) is 53.3 Å². The predicted molar refractivity (Wildman–Crippen MR) is 119 cm³/mol. The van der Waals surface area contributed by atoms with E-state index < -0.39 is 0 Å². The van der Waals surface area contributed by atoms with Gasteiger partial charge in [0.1, 0.15) is 6.04 Å². The van der Waals surface area contributed by atoms with Crippen LogP contribution in [0.1, 0.15) is 36.0 Å². The van der Waals surface area contributed by atoms with Crippen molar-refractivity contribution in [3.05, 3.63) is 65.5 Å². The van der Waals surface area contributed by atoms with Crippen LogP contribution in [-0.2, 0) is 22.7 Å². The fourth-order valence-electron chi connectivity index (χ4n) is 4.48. The smallest absolute Gasteiger partial charge is 0.322 e. The van der Waals surface area contributed by atoms with E-state index in [1.54, 1.807) is 16.0 Å². The minimum absolute atomic E-state index is 0.00375. The predicted octanol–water partition coefficient (Wildman–Crippen LogP) is 2.52. The molecule has 0 spiro atoms. The molecule has 1 saturated heterocycles. The molecule has 0 unspecified atom stereocenters. The number of benzene rings is 1. The molecule has 1 atom stereocenters. The van der Waals surface area contributed by atoms with Crippen LogP contribution in [0.4, 0.5) is 10.5 Å². The van der Waals surface area contributed by atoms with Crippen molar-refractivity contribution in [2.24, 2.45) is 0 Å². The third-order valence-corrected chi connectivity index (χ3v) is 6.34. The number of urea groups is 1. The Morgan fingerprint density at radius 3 is 2.53 bits per heavy atom. The van der Waals surface area contributed by atoms with Crippen LogP contribution < -0.4 is 10.6 Å². The summed E-state index contributed by atoms with van der Waals surface area (Å²) >= 11 is 0. The van der Waals surface area contributed by atoms with Gasteiger partial charge in [-0.15, -0.1) is 0 Å². The van der Waals surface area contributed by atoms with Crippen LogP contribution in [0, 0.1) is 0 Å². The second-order valence-electron chi connectivity index (χ2n) is 8.43. The van der Waals surface area contributed by atoms with E-state index in [1.165, 1.54) is 5.57 Å². The zero-order valence-corrected chi connectivity index (χ0v) is 17.7. The van der Waals surface area contributed by atoms with E-state index in [0.717, 1.165) is 28.8 Å². The summed E-state index contributed by atoms with van der Waals surface area (Å²) in [5.74, 6) is -0.0425. The number of carbonyl (C=O) groups excluding carboxylic acids is 3. The first-order chi connectivity index (χ1) is 15.6. The quantitative estimate of drug-likeness (QED) is 0.781. The molecule has 164 valence electrons. The highest BCUT2D eigenvalue weighted by Gasteiger charge is 2.31. The lowest BCUT2D eigenvalue weighted by Gasteiger charge is -2.29. The normalized spacial score (nSPS) is 19.9. The van der Waals surface area contributed by atoms with Crippen molar-refractivity contribution in [2.75, 3.05) is 18.4 Å². The van der Waals surface area contributed by atoms with Gasteiger partial charge in [0, 0.05) is 50.7 Å². The van der Waals surface area contributed by atoms with E-state index in [1.807, 2.05) is 36.5 Å². The van der Waals surface area contributed by atoms with Crippen molar-refractivity contribution < 1.29 is 14.4 Å². The van der Waals surface area contributed by atoms with Gasteiger partial charge in [-0.25, -0.2) is 4.79 Å². The molecular formula is C24H25N5O3. The van der Waals surface area contributed by atoms with Crippen molar-refractivity contribution in [1.82, 2.24) is 20.1 Å². The molecule has 0 saturated carbocycles. The summed E-state index contributed by atoms with van der Waals surface area (Å²) in [7, 11) is 0. The molecule has 1 aromatic carbocycles. The highest BCUT2D eigenvalue weighted by molar-refractivity contribution is 5.91. The zero-order chi connectivity index (χ0) is 22.1. The van der Waals surface area contributed by atoms with Crippen molar-refractivity contribution in [3.63, 3.8) is 0 Å². The van der Waals surface area contributed by atoms with Crippen molar-refractivity contribution in [2.45, 2.75) is 38.4 Å². The van der Waals surface area contributed by atoms with E-state index >= 15 is 0 Å². The van der Waals surface area contributed by atoms with Crippen LogP contribution in [-0.4, -0.2) is 51.8 Å². The van der Waals surface area contributed by atoms with Gasteiger partial charge in [0.05, 0.1) is 0 Å². The third kappa shape index (κ3) is 4.08. The van der Waals surface area contributed by atoms with Crippen molar-refractivity contribution >= 4 is 29.1 Å². The monoisotopic (exact) mass is 431 g/mol. The molecule has 8 heteroatoms. The molecule has 0 bridgehead atoms. The van der Waals surface area contributed by atoms with Crippen LogP contribution in [0.5, 0.6) is 0 Å². The zero-order valence-electron chi connectivity index (χ0n) is 17.7. The van der Waals surface area contributed by atoms with Gasteiger partial charge in [-0.2, -0.15) is 0 Å². The van der Waals surface area contributed by atoms with Crippen LogP contribution >= 0.6 is 0 Å². The van der Waals surface area contributed by atoms with Gasteiger partial charge in [-0.1, -0.05) is 18.2 Å². The molecule has 3 aliphatic heterocycles. The van der Waals surface area contributed by atoms with Crippen LogP contribution in [0.25, 0.3) is 5.57 Å². The summed E-state index contributed by atoms with van der Waals surface area (Å²) in [4.78, 5) is 44.2. The van der Waals surface area contributed by atoms with Crippen LogP contribution in [0.3, 0.4) is 0 Å². The first kappa shape index (κ1) is 20.2. The molecule has 2 aromatic rings. The third-order valence-electron chi connectivity index (χ3n) is 6.34. The van der Waals surface area contributed by atoms with Gasteiger partial charge >= 0.3 is 6.03 Å². The standard InChI is InChI=1S/C24H25N5O3/c30-22-6-5-21(27-22)23(31)28-11-8-17(9-12-28)16-1-3-20(4-2-16)26-24(32)29-14-18-7-10-25-13-19(18)15-29/h1-4,7-8,10,13,21H,5-6,9,11-12,14-15H2,(H,26,32)(H,27,30)/t21-/m1/s1. The Hall–Kier alpha value is -3.68. The number of carbonyl (C=O) groups is 3. The number of rotatable bonds is 3. The molecule has 1 aromatic heterocycles. The minimum atomic E-state index is -0.375. The second-order valence-corrected chi connectivity index (χ2v) is 8.43. The summed E-state index contributed by atoms with van der Waals surface area (Å²) in [6, 6.07) is 9.26. The van der Waals surface area contributed by atoms with Gasteiger partial charge < -0.3 is 20.4 Å². The fraction of sp³-hybridized carbons (Fsp3) is 0.333. The average Bonchev–Trinajstić information content (AvgIpc) is 3.45. The molecule has 5 rings (SSSR count). The first-order valence-electron chi connectivity index (χ1n) is 10.9. The maximum absolute atomic E-state index is 12.6. The van der Waals surface area contributed by atoms with Crippen LogP contribution in [0.15, 0.2) is 48.8 Å².